The molecule has 1 saturated heterocycles. The predicted molar refractivity (Wildman–Crippen MR) is 129 cm³/mol. The summed E-state index contributed by atoms with van der Waals surface area (Å²) in [5.74, 6) is 0.0805. The van der Waals surface area contributed by atoms with Crippen LogP contribution in [0.4, 0.5) is 16.2 Å². The third kappa shape index (κ3) is 5.51. The molecule has 2 aromatic carbocycles. The van der Waals surface area contributed by atoms with Gasteiger partial charge in [0.1, 0.15) is 0 Å². The smallest absolute Gasteiger partial charge is 0.319 e. The highest BCUT2D eigenvalue weighted by Crippen LogP contribution is 2.27. The summed E-state index contributed by atoms with van der Waals surface area (Å²) in [6, 6.07) is 14.8. The standard InChI is InChI=1S/C25H31N5O3/c1-18(2)26-25(33)27-21-9-7-20(8-10-21)24(32)29-15-13-28(14-16-29)17-23(31)30-12-11-19-5-3-4-6-22(19)30/h3-10,18H,11-17H2,1-2H3,(H2,26,27,33). The summed E-state index contributed by atoms with van der Waals surface area (Å²) in [5, 5.41) is 5.52. The number of fused-ring (bicyclic) bond motifs is 1. The maximum Gasteiger partial charge on any atom is 0.319 e. The van der Waals surface area contributed by atoms with E-state index in [0.29, 0.717) is 44.0 Å². The van der Waals surface area contributed by atoms with Gasteiger partial charge >= 0.3 is 6.03 Å². The first kappa shape index (κ1) is 22.8. The minimum atomic E-state index is -0.271. The van der Waals surface area contributed by atoms with Gasteiger partial charge in [-0.25, -0.2) is 4.79 Å². The second kappa shape index (κ2) is 10.0. The normalized spacial score (nSPS) is 16.0. The Morgan fingerprint density at radius 3 is 2.30 bits per heavy atom. The first-order valence-electron chi connectivity index (χ1n) is 11.5. The van der Waals surface area contributed by atoms with Crippen LogP contribution in [0.25, 0.3) is 0 Å². The first-order chi connectivity index (χ1) is 15.9. The molecule has 0 saturated carbocycles. The lowest BCUT2D eigenvalue weighted by Gasteiger charge is -2.35. The Morgan fingerprint density at radius 1 is 0.909 bits per heavy atom. The zero-order valence-corrected chi connectivity index (χ0v) is 19.2. The molecule has 1 fully saturated rings. The van der Waals surface area contributed by atoms with Crippen molar-refractivity contribution in [2.45, 2.75) is 26.3 Å². The maximum absolute atomic E-state index is 12.9. The van der Waals surface area contributed by atoms with Gasteiger partial charge in [-0.05, 0) is 56.2 Å². The molecule has 2 heterocycles. The number of nitrogens with zero attached hydrogens (tertiary/aromatic N) is 3. The van der Waals surface area contributed by atoms with Crippen molar-refractivity contribution in [2.75, 3.05) is 49.5 Å². The molecular formula is C25H31N5O3. The van der Waals surface area contributed by atoms with Crippen LogP contribution in [-0.4, -0.2) is 73.0 Å². The van der Waals surface area contributed by atoms with E-state index in [1.54, 1.807) is 24.3 Å². The van der Waals surface area contributed by atoms with Crippen LogP contribution in [0.3, 0.4) is 0 Å². The zero-order valence-electron chi connectivity index (χ0n) is 19.2. The fraction of sp³-hybridized carbons (Fsp3) is 0.400. The molecule has 0 aliphatic carbocycles. The molecule has 0 unspecified atom stereocenters. The van der Waals surface area contributed by atoms with Gasteiger partial charge in [0.05, 0.1) is 6.54 Å². The molecule has 8 nitrogen and oxygen atoms in total. The maximum atomic E-state index is 12.9. The molecule has 4 rings (SSSR count). The fourth-order valence-electron chi connectivity index (χ4n) is 4.29. The summed E-state index contributed by atoms with van der Waals surface area (Å²) in [6.45, 7) is 7.39. The van der Waals surface area contributed by atoms with E-state index < -0.39 is 0 Å². The van der Waals surface area contributed by atoms with Crippen molar-refractivity contribution in [2.24, 2.45) is 0 Å². The molecule has 8 heteroatoms. The number of carbonyl (C=O) groups excluding carboxylic acids is 3. The molecule has 33 heavy (non-hydrogen) atoms. The van der Waals surface area contributed by atoms with E-state index in [2.05, 4.69) is 21.6 Å². The average molecular weight is 450 g/mol. The number of rotatable bonds is 5. The fourth-order valence-corrected chi connectivity index (χ4v) is 4.29. The molecule has 2 N–H and O–H groups in total. The molecule has 2 aromatic rings. The Balaban J connectivity index is 1.26. The lowest BCUT2D eigenvalue weighted by Crippen LogP contribution is -2.51. The number of para-hydroxylation sites is 1. The lowest BCUT2D eigenvalue weighted by atomic mass is 10.1. The van der Waals surface area contributed by atoms with Crippen molar-refractivity contribution in [3.05, 3.63) is 59.7 Å². The Bertz CT molecular complexity index is 1010. The number of piperazine rings is 1. The van der Waals surface area contributed by atoms with Crippen LogP contribution < -0.4 is 15.5 Å². The number of anilines is 2. The van der Waals surface area contributed by atoms with Gasteiger partial charge in [0.2, 0.25) is 5.91 Å². The second-order valence-corrected chi connectivity index (χ2v) is 8.82. The number of hydrogen-bond acceptors (Lipinski definition) is 4. The first-order valence-corrected chi connectivity index (χ1v) is 11.5. The SMILES string of the molecule is CC(C)NC(=O)Nc1ccc(C(=O)N2CCN(CC(=O)N3CCc4ccccc43)CC2)cc1. The van der Waals surface area contributed by atoms with Gasteiger partial charge in [0.15, 0.2) is 0 Å². The van der Waals surface area contributed by atoms with E-state index in [-0.39, 0.29) is 23.9 Å². The molecular weight excluding hydrogens is 418 g/mol. The van der Waals surface area contributed by atoms with E-state index in [9.17, 15) is 14.4 Å². The zero-order chi connectivity index (χ0) is 23.4. The van der Waals surface area contributed by atoms with Crippen molar-refractivity contribution >= 4 is 29.2 Å². The van der Waals surface area contributed by atoms with Gasteiger partial charge in [-0.2, -0.15) is 0 Å². The summed E-state index contributed by atoms with van der Waals surface area (Å²) in [4.78, 5) is 43.4. The monoisotopic (exact) mass is 449 g/mol. The summed E-state index contributed by atoms with van der Waals surface area (Å²) in [7, 11) is 0. The van der Waals surface area contributed by atoms with Crippen LogP contribution >= 0.6 is 0 Å². The highest BCUT2D eigenvalue weighted by atomic mass is 16.2. The van der Waals surface area contributed by atoms with Gasteiger partial charge in [-0.1, -0.05) is 18.2 Å². The lowest BCUT2D eigenvalue weighted by molar-refractivity contribution is -0.120. The van der Waals surface area contributed by atoms with Gasteiger partial charge in [-0.3, -0.25) is 14.5 Å². The van der Waals surface area contributed by atoms with E-state index in [4.69, 9.17) is 0 Å². The summed E-state index contributed by atoms with van der Waals surface area (Å²) >= 11 is 0. The summed E-state index contributed by atoms with van der Waals surface area (Å²) < 4.78 is 0. The van der Waals surface area contributed by atoms with Crippen molar-refractivity contribution in [3.63, 3.8) is 0 Å². The number of carbonyl (C=O) groups is 3. The van der Waals surface area contributed by atoms with Crippen LogP contribution in [0.5, 0.6) is 0 Å². The number of amides is 4. The molecule has 0 aromatic heterocycles. The highest BCUT2D eigenvalue weighted by Gasteiger charge is 2.28. The highest BCUT2D eigenvalue weighted by molar-refractivity contribution is 5.97. The second-order valence-electron chi connectivity index (χ2n) is 8.82. The van der Waals surface area contributed by atoms with E-state index in [1.165, 1.54) is 5.56 Å². The molecule has 0 radical (unpaired) electrons. The Labute approximate surface area is 194 Å². The average Bonchev–Trinajstić information content (AvgIpc) is 3.23. The van der Waals surface area contributed by atoms with Crippen molar-refractivity contribution < 1.29 is 14.4 Å². The van der Waals surface area contributed by atoms with E-state index in [1.807, 2.05) is 41.8 Å². The van der Waals surface area contributed by atoms with Gasteiger partial charge in [0.25, 0.3) is 5.91 Å². The van der Waals surface area contributed by atoms with Gasteiger partial charge in [-0.15, -0.1) is 0 Å². The molecule has 2 aliphatic heterocycles. The summed E-state index contributed by atoms with van der Waals surface area (Å²) in [6.07, 6.45) is 0.904. The van der Waals surface area contributed by atoms with Crippen LogP contribution in [0, 0.1) is 0 Å². The Kier molecular flexibility index (Phi) is 6.93. The van der Waals surface area contributed by atoms with Crippen LogP contribution in [0.15, 0.2) is 48.5 Å². The Hall–Kier alpha value is -3.39. The van der Waals surface area contributed by atoms with Crippen LogP contribution in [0.2, 0.25) is 0 Å². The molecule has 4 amide bonds. The van der Waals surface area contributed by atoms with E-state index in [0.717, 1.165) is 18.7 Å². The minimum Gasteiger partial charge on any atom is -0.336 e. The van der Waals surface area contributed by atoms with E-state index >= 15 is 0 Å². The topological polar surface area (TPSA) is 85.0 Å². The predicted octanol–water partition coefficient (Wildman–Crippen LogP) is 2.56. The number of benzene rings is 2. The summed E-state index contributed by atoms with van der Waals surface area (Å²) in [5.41, 5.74) is 3.47. The van der Waals surface area contributed by atoms with Crippen molar-refractivity contribution in [3.8, 4) is 0 Å². The van der Waals surface area contributed by atoms with Gasteiger partial charge < -0.3 is 20.4 Å². The van der Waals surface area contributed by atoms with Crippen LogP contribution in [-0.2, 0) is 11.2 Å². The third-order valence-electron chi connectivity index (χ3n) is 6.02. The molecule has 174 valence electrons. The third-order valence-corrected chi connectivity index (χ3v) is 6.02. The van der Waals surface area contributed by atoms with Crippen molar-refractivity contribution in [1.82, 2.24) is 15.1 Å². The molecule has 2 aliphatic rings. The van der Waals surface area contributed by atoms with Gasteiger partial charge in [0, 0.05) is 55.7 Å². The number of nitrogens with one attached hydrogen (secondary N) is 2. The number of hydrogen-bond donors (Lipinski definition) is 2. The largest absolute Gasteiger partial charge is 0.336 e. The quantitative estimate of drug-likeness (QED) is 0.735. The van der Waals surface area contributed by atoms with Crippen molar-refractivity contribution in [1.29, 1.82) is 0 Å². The molecule has 0 bridgehead atoms. The number of urea groups is 1. The molecule has 0 atom stereocenters. The van der Waals surface area contributed by atoms with Crippen LogP contribution in [0.1, 0.15) is 29.8 Å². The minimum absolute atomic E-state index is 0.0346. The molecule has 0 spiro atoms. The Morgan fingerprint density at radius 2 is 1.61 bits per heavy atom.